The van der Waals surface area contributed by atoms with Gasteiger partial charge in [0.25, 0.3) is 0 Å². The second kappa shape index (κ2) is 5.20. The number of amides is 1. The van der Waals surface area contributed by atoms with Gasteiger partial charge in [-0.3, -0.25) is 4.79 Å². The van der Waals surface area contributed by atoms with Crippen molar-refractivity contribution >= 4 is 5.91 Å². The molecule has 1 aliphatic carbocycles. The third-order valence-corrected chi connectivity index (χ3v) is 4.80. The Labute approximate surface area is 111 Å². The SMILES string of the molecule is CC(C)(C)[C@H](N)C(=O)N1CCC2CCCCC2C1. The number of fused-ring (bicyclic) bond motifs is 1. The van der Waals surface area contributed by atoms with E-state index in [1.54, 1.807) is 0 Å². The van der Waals surface area contributed by atoms with Crippen LogP contribution in [0.5, 0.6) is 0 Å². The van der Waals surface area contributed by atoms with Gasteiger partial charge in [-0.1, -0.05) is 40.0 Å². The minimum absolute atomic E-state index is 0.138. The van der Waals surface area contributed by atoms with Crippen molar-refractivity contribution in [1.82, 2.24) is 4.90 Å². The van der Waals surface area contributed by atoms with E-state index in [2.05, 4.69) is 0 Å². The fourth-order valence-corrected chi connectivity index (χ4v) is 3.37. The highest BCUT2D eigenvalue weighted by Gasteiger charge is 2.37. The summed E-state index contributed by atoms with van der Waals surface area (Å²) in [5.41, 5.74) is 5.96. The zero-order valence-electron chi connectivity index (χ0n) is 12.1. The van der Waals surface area contributed by atoms with Gasteiger partial charge in [-0.15, -0.1) is 0 Å². The van der Waals surface area contributed by atoms with Crippen LogP contribution in [-0.2, 0) is 4.79 Å². The fraction of sp³-hybridized carbons (Fsp3) is 0.933. The van der Waals surface area contributed by atoms with Crippen molar-refractivity contribution in [2.24, 2.45) is 23.0 Å². The average molecular weight is 252 g/mol. The standard InChI is InChI=1S/C15H28N2O/c1-15(2,3)13(16)14(18)17-9-8-11-6-4-5-7-12(11)10-17/h11-13H,4-10,16H2,1-3H3/t11?,12?,13-/m1/s1. The molecule has 0 bridgehead atoms. The van der Waals surface area contributed by atoms with Crippen LogP contribution in [-0.4, -0.2) is 29.9 Å². The number of nitrogens with two attached hydrogens (primary N) is 1. The van der Waals surface area contributed by atoms with Crippen molar-refractivity contribution in [2.75, 3.05) is 13.1 Å². The predicted octanol–water partition coefficient (Wildman–Crippen LogP) is 2.40. The molecule has 0 aromatic heterocycles. The Morgan fingerprint density at radius 2 is 1.78 bits per heavy atom. The number of likely N-dealkylation sites (tertiary alicyclic amines) is 1. The molecule has 2 fully saturated rings. The molecule has 2 rings (SSSR count). The van der Waals surface area contributed by atoms with E-state index >= 15 is 0 Å². The lowest BCUT2D eigenvalue weighted by molar-refractivity contribution is -0.138. The number of nitrogens with zero attached hydrogens (tertiary/aromatic N) is 1. The third kappa shape index (κ3) is 2.87. The molecule has 2 aliphatic rings. The van der Waals surface area contributed by atoms with Crippen LogP contribution in [0, 0.1) is 17.3 Å². The van der Waals surface area contributed by atoms with E-state index < -0.39 is 0 Å². The summed E-state index contributed by atoms with van der Waals surface area (Å²) in [6.07, 6.45) is 6.59. The Morgan fingerprint density at radius 1 is 1.17 bits per heavy atom. The van der Waals surface area contributed by atoms with Gasteiger partial charge in [0.2, 0.25) is 5.91 Å². The molecule has 1 saturated heterocycles. The molecule has 0 aromatic rings. The third-order valence-electron chi connectivity index (χ3n) is 4.80. The number of rotatable bonds is 1. The Hall–Kier alpha value is -0.570. The van der Waals surface area contributed by atoms with E-state index in [0.29, 0.717) is 0 Å². The molecule has 3 heteroatoms. The minimum Gasteiger partial charge on any atom is -0.341 e. The topological polar surface area (TPSA) is 46.3 Å². The van der Waals surface area contributed by atoms with Crippen LogP contribution in [0.4, 0.5) is 0 Å². The lowest BCUT2D eigenvalue weighted by atomic mass is 9.74. The first-order valence-electron chi connectivity index (χ1n) is 7.44. The van der Waals surface area contributed by atoms with Crippen molar-refractivity contribution in [1.29, 1.82) is 0 Å². The van der Waals surface area contributed by atoms with Crippen molar-refractivity contribution < 1.29 is 4.79 Å². The summed E-state index contributed by atoms with van der Waals surface area (Å²) in [6, 6.07) is -0.363. The van der Waals surface area contributed by atoms with Crippen LogP contribution < -0.4 is 5.73 Å². The molecule has 2 unspecified atom stereocenters. The number of carbonyl (C=O) groups is 1. The second-order valence-corrected chi connectivity index (χ2v) is 7.22. The molecule has 1 saturated carbocycles. The quantitative estimate of drug-likeness (QED) is 0.779. The van der Waals surface area contributed by atoms with Gasteiger partial charge < -0.3 is 10.6 Å². The summed E-state index contributed by atoms with van der Waals surface area (Å²) in [4.78, 5) is 14.5. The molecule has 0 aromatic carbocycles. The van der Waals surface area contributed by atoms with Gasteiger partial charge in [0.1, 0.15) is 0 Å². The molecule has 104 valence electrons. The average Bonchev–Trinajstić information content (AvgIpc) is 2.35. The maximum absolute atomic E-state index is 12.4. The second-order valence-electron chi connectivity index (χ2n) is 7.22. The number of piperidine rings is 1. The first kappa shape index (κ1) is 13.9. The summed E-state index contributed by atoms with van der Waals surface area (Å²) in [7, 11) is 0. The molecule has 3 atom stereocenters. The fourth-order valence-electron chi connectivity index (χ4n) is 3.37. The van der Waals surface area contributed by atoms with E-state index in [0.717, 1.165) is 24.9 Å². The molecule has 0 radical (unpaired) electrons. The lowest BCUT2D eigenvalue weighted by Gasteiger charge is -2.43. The Morgan fingerprint density at radius 3 is 2.39 bits per heavy atom. The van der Waals surface area contributed by atoms with Gasteiger partial charge in [-0.2, -0.15) is 0 Å². The van der Waals surface area contributed by atoms with Gasteiger partial charge in [-0.25, -0.2) is 0 Å². The van der Waals surface area contributed by atoms with Crippen molar-refractivity contribution in [3.05, 3.63) is 0 Å². The summed E-state index contributed by atoms with van der Waals surface area (Å²) < 4.78 is 0. The maximum Gasteiger partial charge on any atom is 0.240 e. The van der Waals surface area contributed by atoms with Crippen molar-refractivity contribution in [2.45, 2.75) is 58.9 Å². The molecule has 0 spiro atoms. The highest BCUT2D eigenvalue weighted by molar-refractivity contribution is 5.82. The van der Waals surface area contributed by atoms with Gasteiger partial charge in [-0.05, 0) is 30.1 Å². The molecule has 1 aliphatic heterocycles. The van der Waals surface area contributed by atoms with E-state index in [9.17, 15) is 4.79 Å². The van der Waals surface area contributed by atoms with Crippen LogP contribution >= 0.6 is 0 Å². The number of hydrogen-bond acceptors (Lipinski definition) is 2. The van der Waals surface area contributed by atoms with Crippen LogP contribution in [0.25, 0.3) is 0 Å². The van der Waals surface area contributed by atoms with E-state index in [4.69, 9.17) is 5.73 Å². The minimum atomic E-state index is -0.363. The predicted molar refractivity (Wildman–Crippen MR) is 74.1 cm³/mol. The van der Waals surface area contributed by atoms with Gasteiger partial charge >= 0.3 is 0 Å². The molecular weight excluding hydrogens is 224 g/mol. The van der Waals surface area contributed by atoms with E-state index in [1.165, 1.54) is 32.1 Å². The molecule has 1 amide bonds. The smallest absolute Gasteiger partial charge is 0.240 e. The molecule has 3 nitrogen and oxygen atoms in total. The molecule has 1 heterocycles. The first-order valence-corrected chi connectivity index (χ1v) is 7.44. The Balaban J connectivity index is 1.96. The van der Waals surface area contributed by atoms with Gasteiger partial charge in [0, 0.05) is 13.1 Å². The van der Waals surface area contributed by atoms with Crippen LogP contribution in [0.15, 0.2) is 0 Å². The highest BCUT2D eigenvalue weighted by atomic mass is 16.2. The lowest BCUT2D eigenvalue weighted by Crippen LogP contribution is -2.54. The van der Waals surface area contributed by atoms with Crippen LogP contribution in [0.3, 0.4) is 0 Å². The van der Waals surface area contributed by atoms with E-state index in [1.807, 2.05) is 25.7 Å². The van der Waals surface area contributed by atoms with Crippen molar-refractivity contribution in [3.8, 4) is 0 Å². The zero-order chi connectivity index (χ0) is 13.3. The summed E-state index contributed by atoms with van der Waals surface area (Å²) >= 11 is 0. The Kier molecular flexibility index (Phi) is 4.00. The maximum atomic E-state index is 12.4. The Bertz CT molecular complexity index is 308. The normalized spacial score (nSPS) is 30.8. The molecule has 18 heavy (non-hydrogen) atoms. The number of hydrogen-bond donors (Lipinski definition) is 1. The monoisotopic (exact) mass is 252 g/mol. The molecular formula is C15H28N2O. The summed E-state index contributed by atoms with van der Waals surface area (Å²) in [5.74, 6) is 1.77. The van der Waals surface area contributed by atoms with Crippen LogP contribution in [0.1, 0.15) is 52.9 Å². The van der Waals surface area contributed by atoms with Crippen LogP contribution in [0.2, 0.25) is 0 Å². The largest absolute Gasteiger partial charge is 0.341 e. The van der Waals surface area contributed by atoms with Gasteiger partial charge in [0.15, 0.2) is 0 Å². The van der Waals surface area contributed by atoms with Crippen molar-refractivity contribution in [3.63, 3.8) is 0 Å². The number of carbonyl (C=O) groups excluding carboxylic acids is 1. The summed E-state index contributed by atoms with van der Waals surface area (Å²) in [5, 5.41) is 0. The zero-order valence-corrected chi connectivity index (χ0v) is 12.1. The highest BCUT2D eigenvalue weighted by Crippen LogP contribution is 2.36. The first-order chi connectivity index (χ1) is 8.39. The van der Waals surface area contributed by atoms with E-state index in [-0.39, 0.29) is 17.4 Å². The molecule has 2 N–H and O–H groups in total. The summed E-state index contributed by atoms with van der Waals surface area (Å²) in [6.45, 7) is 8.01. The van der Waals surface area contributed by atoms with Gasteiger partial charge in [0.05, 0.1) is 6.04 Å².